The third-order valence-corrected chi connectivity index (χ3v) is 9.55. The van der Waals surface area contributed by atoms with E-state index in [1.807, 2.05) is 23.2 Å². The first-order valence-electron chi connectivity index (χ1n) is 14.0. The lowest BCUT2D eigenvalue weighted by Crippen LogP contribution is -2.28. The van der Waals surface area contributed by atoms with Crippen LogP contribution in [0, 0.1) is 26.1 Å². The Kier molecular flexibility index (Phi) is 7.34. The Morgan fingerprint density at radius 3 is 2.40 bits per heavy atom. The van der Waals surface area contributed by atoms with Gasteiger partial charge in [-0.2, -0.15) is 5.10 Å². The van der Waals surface area contributed by atoms with Crippen molar-refractivity contribution in [2.24, 2.45) is 11.0 Å². The largest absolute Gasteiger partial charge is 0.422 e. The molecule has 1 fully saturated rings. The van der Waals surface area contributed by atoms with E-state index in [1.165, 1.54) is 35.6 Å². The SMILES string of the molecule is O=c1oc2ccc(Br)cc2cc1-c1cnc(N2N=C3C(=Cc4ccc([N+](=O)[O-])cc4)CCCC3C2c2ccc([N+](=O)[O-])cc2)s1. The standard InChI is InChI=1S/C32H22BrN5O6S/c33-22-8-13-27-21(15-22)16-26(31(39)44-27)28-17-34-32(45-28)36-30(19-6-11-24(12-7-19)38(42)43)25-3-1-2-20(29(25)35-36)14-18-4-9-23(10-5-18)37(40)41/h4-17,25,30H,1-3H2. The van der Waals surface area contributed by atoms with Gasteiger partial charge in [0.25, 0.3) is 11.4 Å². The number of nitro benzene ring substituents is 2. The number of benzene rings is 3. The van der Waals surface area contributed by atoms with E-state index in [0.717, 1.165) is 51.5 Å². The zero-order valence-corrected chi connectivity index (χ0v) is 25.7. The number of fused-ring (bicyclic) bond motifs is 2. The van der Waals surface area contributed by atoms with E-state index < -0.39 is 15.5 Å². The van der Waals surface area contributed by atoms with Crippen molar-refractivity contribution in [1.82, 2.24) is 4.98 Å². The average molecular weight is 685 g/mol. The summed E-state index contributed by atoms with van der Waals surface area (Å²) in [5.41, 5.74) is 4.01. The zero-order chi connectivity index (χ0) is 31.2. The molecule has 45 heavy (non-hydrogen) atoms. The molecule has 0 N–H and O–H groups in total. The number of non-ortho nitro benzene ring substituents is 2. The van der Waals surface area contributed by atoms with Crippen molar-refractivity contribution in [3.05, 3.63) is 131 Å². The maximum atomic E-state index is 13.0. The van der Waals surface area contributed by atoms with Crippen molar-refractivity contribution in [3.8, 4) is 10.4 Å². The monoisotopic (exact) mass is 683 g/mol. The highest BCUT2D eigenvalue weighted by Crippen LogP contribution is 2.48. The van der Waals surface area contributed by atoms with Crippen LogP contribution in [0.3, 0.4) is 0 Å². The highest BCUT2D eigenvalue weighted by atomic mass is 79.9. The summed E-state index contributed by atoms with van der Waals surface area (Å²) in [4.78, 5) is 39.9. The van der Waals surface area contributed by atoms with E-state index in [4.69, 9.17) is 9.52 Å². The Bertz CT molecular complexity index is 2110. The summed E-state index contributed by atoms with van der Waals surface area (Å²) < 4.78 is 6.45. The summed E-state index contributed by atoms with van der Waals surface area (Å²) in [5.74, 6) is -0.0278. The number of anilines is 1. The molecule has 13 heteroatoms. The summed E-state index contributed by atoms with van der Waals surface area (Å²) in [6, 6.07) is 19.8. The Balaban J connectivity index is 1.30. The topological polar surface area (TPSA) is 145 Å². The van der Waals surface area contributed by atoms with Gasteiger partial charge in [0, 0.05) is 46.2 Å². The number of nitrogens with zero attached hydrogens (tertiary/aromatic N) is 5. The third-order valence-electron chi connectivity index (χ3n) is 8.04. The highest BCUT2D eigenvalue weighted by Gasteiger charge is 2.43. The molecule has 2 aliphatic rings. The van der Waals surface area contributed by atoms with Crippen LogP contribution in [0.4, 0.5) is 16.5 Å². The molecule has 0 spiro atoms. The first kappa shape index (κ1) is 28.7. The molecule has 11 nitrogen and oxygen atoms in total. The molecule has 0 saturated heterocycles. The van der Waals surface area contributed by atoms with Gasteiger partial charge in [-0.1, -0.05) is 39.4 Å². The van der Waals surface area contributed by atoms with E-state index in [9.17, 15) is 25.0 Å². The van der Waals surface area contributed by atoms with Gasteiger partial charge in [0.1, 0.15) is 5.58 Å². The molecule has 2 unspecified atom stereocenters. The molecule has 7 rings (SSSR count). The fourth-order valence-electron chi connectivity index (χ4n) is 5.94. The predicted octanol–water partition coefficient (Wildman–Crippen LogP) is 8.30. The third kappa shape index (κ3) is 5.44. The molecular weight excluding hydrogens is 662 g/mol. The Morgan fingerprint density at radius 1 is 0.978 bits per heavy atom. The van der Waals surface area contributed by atoms with Crippen LogP contribution in [0.5, 0.6) is 0 Å². The summed E-state index contributed by atoms with van der Waals surface area (Å²) in [5, 5.41) is 30.8. The van der Waals surface area contributed by atoms with Crippen LogP contribution >= 0.6 is 27.3 Å². The van der Waals surface area contributed by atoms with Gasteiger partial charge in [0.2, 0.25) is 5.13 Å². The van der Waals surface area contributed by atoms with E-state index >= 15 is 0 Å². The van der Waals surface area contributed by atoms with E-state index in [2.05, 4.69) is 20.9 Å². The van der Waals surface area contributed by atoms with Gasteiger partial charge in [0.05, 0.1) is 32.0 Å². The molecule has 2 aromatic heterocycles. The molecule has 0 radical (unpaired) electrons. The van der Waals surface area contributed by atoms with Crippen LogP contribution < -0.4 is 10.6 Å². The minimum absolute atomic E-state index is 0.00182. The predicted molar refractivity (Wildman–Crippen MR) is 175 cm³/mol. The molecule has 2 atom stereocenters. The van der Waals surface area contributed by atoms with Crippen molar-refractivity contribution >= 4 is 66.5 Å². The average Bonchev–Trinajstić information content (AvgIpc) is 3.67. The first-order valence-corrected chi connectivity index (χ1v) is 15.6. The lowest BCUT2D eigenvalue weighted by Gasteiger charge is -2.29. The Morgan fingerprint density at radius 2 is 1.69 bits per heavy atom. The van der Waals surface area contributed by atoms with E-state index in [-0.39, 0.29) is 23.3 Å². The summed E-state index contributed by atoms with van der Waals surface area (Å²) in [7, 11) is 0. The minimum Gasteiger partial charge on any atom is -0.422 e. The maximum Gasteiger partial charge on any atom is 0.345 e. The van der Waals surface area contributed by atoms with Crippen molar-refractivity contribution in [2.45, 2.75) is 25.3 Å². The van der Waals surface area contributed by atoms with Gasteiger partial charge in [-0.15, -0.1) is 0 Å². The van der Waals surface area contributed by atoms with Crippen LogP contribution in [0.2, 0.25) is 0 Å². The van der Waals surface area contributed by atoms with E-state index in [1.54, 1.807) is 42.6 Å². The first-order chi connectivity index (χ1) is 21.7. The molecule has 0 bridgehead atoms. The molecule has 3 heterocycles. The van der Waals surface area contributed by atoms with Crippen LogP contribution in [-0.4, -0.2) is 20.5 Å². The summed E-state index contributed by atoms with van der Waals surface area (Å²) >= 11 is 4.78. The van der Waals surface area contributed by atoms with Crippen LogP contribution in [-0.2, 0) is 0 Å². The lowest BCUT2D eigenvalue weighted by atomic mass is 9.77. The molecular formula is C32H22BrN5O6S. The molecule has 1 aliphatic carbocycles. The van der Waals surface area contributed by atoms with Crippen molar-refractivity contribution in [2.75, 3.05) is 5.01 Å². The van der Waals surface area contributed by atoms with Crippen LogP contribution in [0.1, 0.15) is 36.4 Å². The second-order valence-corrected chi connectivity index (χ2v) is 12.7. The zero-order valence-electron chi connectivity index (χ0n) is 23.3. The van der Waals surface area contributed by atoms with Crippen LogP contribution in [0.15, 0.2) is 103 Å². The molecule has 3 aromatic carbocycles. The van der Waals surface area contributed by atoms with Gasteiger partial charge < -0.3 is 4.42 Å². The second-order valence-electron chi connectivity index (χ2n) is 10.8. The van der Waals surface area contributed by atoms with Gasteiger partial charge >= 0.3 is 5.63 Å². The number of allylic oxidation sites excluding steroid dienone is 1. The molecule has 1 aliphatic heterocycles. The minimum atomic E-state index is -0.471. The van der Waals surface area contributed by atoms with Gasteiger partial charge in [-0.25, -0.2) is 14.8 Å². The Hall–Kier alpha value is -5.01. The number of halogens is 1. The molecule has 224 valence electrons. The number of rotatable bonds is 6. The summed E-state index contributed by atoms with van der Waals surface area (Å²) in [6.45, 7) is 0. The number of nitro groups is 2. The number of thiazole rings is 1. The quantitative estimate of drug-likeness (QED) is 0.0987. The lowest BCUT2D eigenvalue weighted by molar-refractivity contribution is -0.385. The summed E-state index contributed by atoms with van der Waals surface area (Å²) in [6.07, 6.45) is 6.17. The molecule has 5 aromatic rings. The molecule has 1 saturated carbocycles. The van der Waals surface area contributed by atoms with E-state index in [0.29, 0.717) is 21.2 Å². The normalized spacial score (nSPS) is 18.6. The fraction of sp³-hybridized carbons (Fsp3) is 0.156. The van der Waals surface area contributed by atoms with Crippen molar-refractivity contribution in [1.29, 1.82) is 0 Å². The van der Waals surface area contributed by atoms with Crippen molar-refractivity contribution < 1.29 is 14.3 Å². The smallest absolute Gasteiger partial charge is 0.345 e. The number of hydrogen-bond donors (Lipinski definition) is 0. The number of hydrazone groups is 1. The van der Waals surface area contributed by atoms with Gasteiger partial charge in [-0.3, -0.25) is 20.2 Å². The highest BCUT2D eigenvalue weighted by molar-refractivity contribution is 9.10. The second kappa shape index (κ2) is 11.5. The number of hydrogen-bond acceptors (Lipinski definition) is 10. The van der Waals surface area contributed by atoms with Crippen molar-refractivity contribution in [3.63, 3.8) is 0 Å². The number of aromatic nitrogens is 1. The maximum absolute atomic E-state index is 13.0. The Labute approximate surface area is 267 Å². The van der Waals surface area contributed by atoms with Crippen LogP contribution in [0.25, 0.3) is 27.5 Å². The van der Waals surface area contributed by atoms with Gasteiger partial charge in [0.15, 0.2) is 0 Å². The fourth-order valence-corrected chi connectivity index (χ4v) is 7.23. The van der Waals surface area contributed by atoms with Gasteiger partial charge in [-0.05, 0) is 78.4 Å². The molecule has 0 amide bonds.